The number of para-hydroxylation sites is 1. The van der Waals surface area contributed by atoms with E-state index in [1.165, 1.54) is 0 Å². The molecule has 0 saturated carbocycles. The van der Waals surface area contributed by atoms with Crippen LogP contribution in [0.1, 0.15) is 42.4 Å². The maximum atomic E-state index is 13.9. The molecule has 0 radical (unpaired) electrons. The fraction of sp³-hybridized carbons (Fsp3) is 0.515. The van der Waals surface area contributed by atoms with Crippen LogP contribution < -0.4 is 5.32 Å². The van der Waals surface area contributed by atoms with E-state index in [2.05, 4.69) is 40.6 Å². The largest absolute Gasteiger partial charge is 0.436 e. The number of hydrogen-bond donors (Lipinski definition) is 2. The molecule has 4 heterocycles. The second kappa shape index (κ2) is 12.9. The Morgan fingerprint density at radius 3 is 2.50 bits per heavy atom. The van der Waals surface area contributed by atoms with E-state index in [0.29, 0.717) is 58.0 Å². The molecule has 1 atom stereocenters. The molecule has 2 fully saturated rings. The van der Waals surface area contributed by atoms with Gasteiger partial charge in [0.25, 0.3) is 5.91 Å². The number of nitrogens with zero attached hydrogens (tertiary/aromatic N) is 5. The number of H-pyrrole nitrogens is 1. The van der Waals surface area contributed by atoms with Crippen LogP contribution in [0.2, 0.25) is 0 Å². The van der Waals surface area contributed by atoms with Crippen molar-refractivity contribution in [2.45, 2.75) is 63.6 Å². The summed E-state index contributed by atoms with van der Waals surface area (Å²) < 4.78 is 6.05. The third-order valence-corrected chi connectivity index (χ3v) is 9.56. The van der Waals surface area contributed by atoms with E-state index in [1.807, 2.05) is 47.1 Å². The Hall–Kier alpha value is -4.12. The van der Waals surface area contributed by atoms with E-state index < -0.39 is 12.2 Å². The predicted molar refractivity (Wildman–Crippen MR) is 169 cm³/mol. The van der Waals surface area contributed by atoms with Crippen LogP contribution in [0.15, 0.2) is 42.6 Å². The van der Waals surface area contributed by atoms with E-state index >= 15 is 0 Å². The van der Waals surface area contributed by atoms with Gasteiger partial charge in [-0.25, -0.2) is 9.59 Å². The van der Waals surface area contributed by atoms with Gasteiger partial charge in [0.1, 0.15) is 0 Å². The molecule has 44 heavy (non-hydrogen) atoms. The zero-order chi connectivity index (χ0) is 30.8. The number of likely N-dealkylation sites (tertiary alicyclic amines) is 2. The lowest BCUT2D eigenvalue weighted by molar-refractivity contribution is -0.142. The first-order valence-corrected chi connectivity index (χ1v) is 15.8. The lowest BCUT2D eigenvalue weighted by Crippen LogP contribution is -2.52. The number of carbonyl (C=O) groups is 3. The summed E-state index contributed by atoms with van der Waals surface area (Å²) in [5.41, 5.74) is 4.92. The maximum Gasteiger partial charge on any atom is 0.410 e. The molecule has 0 unspecified atom stereocenters. The highest BCUT2D eigenvalue weighted by atomic mass is 16.6. The minimum Gasteiger partial charge on any atom is -0.436 e. The summed E-state index contributed by atoms with van der Waals surface area (Å²) in [4.78, 5) is 48.1. The van der Waals surface area contributed by atoms with Gasteiger partial charge >= 0.3 is 12.1 Å². The topological polar surface area (TPSA) is 114 Å². The maximum absolute atomic E-state index is 13.9. The molecule has 0 bridgehead atoms. The summed E-state index contributed by atoms with van der Waals surface area (Å²) in [6, 6.07) is 12.3. The van der Waals surface area contributed by atoms with Crippen molar-refractivity contribution in [1.29, 1.82) is 0 Å². The van der Waals surface area contributed by atoms with E-state index in [-0.39, 0.29) is 18.0 Å². The molecule has 3 aromatic rings. The number of aromatic amines is 1. The minimum absolute atomic E-state index is 0.0356. The molecule has 2 aromatic carbocycles. The number of nitrogens with one attached hydrogen (secondary N) is 2. The van der Waals surface area contributed by atoms with Gasteiger partial charge in [0.05, 0.1) is 11.7 Å². The molecule has 2 N–H and O–H groups in total. The lowest BCUT2D eigenvalue weighted by atomic mass is 10.00. The lowest BCUT2D eigenvalue weighted by Gasteiger charge is -2.38. The molecule has 0 spiro atoms. The van der Waals surface area contributed by atoms with Gasteiger partial charge < -0.3 is 29.7 Å². The molecule has 234 valence electrons. The van der Waals surface area contributed by atoms with Gasteiger partial charge in [-0.2, -0.15) is 5.10 Å². The van der Waals surface area contributed by atoms with Crippen molar-refractivity contribution >= 4 is 34.6 Å². The summed E-state index contributed by atoms with van der Waals surface area (Å²) >= 11 is 0. The van der Waals surface area contributed by atoms with Crippen LogP contribution in [-0.2, 0) is 22.4 Å². The van der Waals surface area contributed by atoms with Crippen LogP contribution in [0.5, 0.6) is 0 Å². The molecule has 11 heteroatoms. The van der Waals surface area contributed by atoms with Crippen molar-refractivity contribution in [2.24, 2.45) is 0 Å². The summed E-state index contributed by atoms with van der Waals surface area (Å²) in [5, 5.41) is 11.2. The highest BCUT2D eigenvalue weighted by molar-refractivity contribution is 5.91. The fourth-order valence-electron chi connectivity index (χ4n) is 6.92. The molecule has 1 aromatic heterocycles. The van der Waals surface area contributed by atoms with Gasteiger partial charge in [-0.1, -0.05) is 24.3 Å². The minimum atomic E-state index is -0.922. The number of fused-ring (bicyclic) bond motifs is 2. The second-order valence-corrected chi connectivity index (χ2v) is 12.6. The molecule has 3 aliphatic heterocycles. The van der Waals surface area contributed by atoms with Gasteiger partial charge in [-0.05, 0) is 81.9 Å². The zero-order valence-corrected chi connectivity index (χ0v) is 25.9. The summed E-state index contributed by atoms with van der Waals surface area (Å²) in [5.74, 6) is -0.142. The molecule has 6 rings (SSSR count). The van der Waals surface area contributed by atoms with E-state index in [0.717, 1.165) is 52.5 Å². The number of ether oxygens (including phenoxy) is 1. The van der Waals surface area contributed by atoms with Crippen LogP contribution in [-0.4, -0.2) is 113 Å². The Morgan fingerprint density at radius 1 is 1.02 bits per heavy atom. The van der Waals surface area contributed by atoms with E-state index in [4.69, 9.17) is 4.74 Å². The number of urea groups is 1. The van der Waals surface area contributed by atoms with Gasteiger partial charge in [0.15, 0.2) is 6.10 Å². The van der Waals surface area contributed by atoms with Crippen molar-refractivity contribution in [3.05, 3.63) is 59.3 Å². The number of hydrogen-bond acceptors (Lipinski definition) is 6. The van der Waals surface area contributed by atoms with Crippen LogP contribution in [0, 0.1) is 6.92 Å². The Labute approximate surface area is 258 Å². The standard InChI is InChI=1S/C33H43N7O4/c1-22-18-23(19-25-21-34-36-30(22)25)20-29(31(41)38-13-9-26(10-14-38)37(2)3)44-33(43)39-15-11-27(12-16-39)40-17-8-24-6-4-5-7-28(24)35-32(40)42/h4-7,18-19,21,26-27,29H,8-17,20H2,1-3H3,(H,34,36)(H,35,42)/t29-/m1/s1. The third kappa shape index (κ3) is 6.38. The molecular formula is C33H43N7O4. The predicted octanol–water partition coefficient (Wildman–Crippen LogP) is 4.03. The smallest absolute Gasteiger partial charge is 0.410 e. The SMILES string of the molecule is Cc1cc(C[C@@H](OC(=O)N2CCC(N3CCc4ccccc4NC3=O)CC2)C(=O)N2CCC(N(C)C)CC2)cc2cn[nH]c12. The van der Waals surface area contributed by atoms with Gasteiger partial charge in [0.2, 0.25) is 0 Å². The monoisotopic (exact) mass is 601 g/mol. The first-order chi connectivity index (χ1) is 21.3. The summed E-state index contributed by atoms with van der Waals surface area (Å²) in [6.07, 6.45) is 4.56. The number of carbonyl (C=O) groups excluding carboxylic acids is 3. The number of rotatable bonds is 6. The number of benzene rings is 2. The Balaban J connectivity index is 1.11. The van der Waals surface area contributed by atoms with Gasteiger partial charge in [-0.15, -0.1) is 0 Å². The van der Waals surface area contributed by atoms with E-state index in [1.54, 1.807) is 11.1 Å². The van der Waals surface area contributed by atoms with Crippen LogP contribution in [0.3, 0.4) is 0 Å². The first-order valence-electron chi connectivity index (χ1n) is 15.8. The third-order valence-electron chi connectivity index (χ3n) is 9.56. The number of aromatic nitrogens is 2. The van der Waals surface area contributed by atoms with Gasteiger partial charge in [-0.3, -0.25) is 9.89 Å². The van der Waals surface area contributed by atoms with Crippen molar-refractivity contribution in [3.8, 4) is 0 Å². The molecular weight excluding hydrogens is 558 g/mol. The van der Waals surface area contributed by atoms with Crippen LogP contribution in [0.25, 0.3) is 10.9 Å². The number of aryl methyl sites for hydroxylation is 1. The van der Waals surface area contributed by atoms with Gasteiger partial charge in [0, 0.05) is 62.3 Å². The molecule has 0 aliphatic carbocycles. The van der Waals surface area contributed by atoms with Crippen molar-refractivity contribution < 1.29 is 19.1 Å². The number of piperidine rings is 2. The van der Waals surface area contributed by atoms with Crippen LogP contribution in [0.4, 0.5) is 15.3 Å². The molecule has 4 amide bonds. The quantitative estimate of drug-likeness (QED) is 0.441. The summed E-state index contributed by atoms with van der Waals surface area (Å²) in [7, 11) is 4.14. The Kier molecular flexibility index (Phi) is 8.74. The normalized spacial score (nSPS) is 19.1. The summed E-state index contributed by atoms with van der Waals surface area (Å²) in [6.45, 7) is 4.86. The van der Waals surface area contributed by atoms with Crippen molar-refractivity contribution in [2.75, 3.05) is 52.1 Å². The van der Waals surface area contributed by atoms with E-state index in [9.17, 15) is 14.4 Å². The van der Waals surface area contributed by atoms with Crippen molar-refractivity contribution in [3.63, 3.8) is 0 Å². The average molecular weight is 602 g/mol. The van der Waals surface area contributed by atoms with Crippen LogP contribution >= 0.6 is 0 Å². The molecule has 2 saturated heterocycles. The second-order valence-electron chi connectivity index (χ2n) is 12.6. The highest BCUT2D eigenvalue weighted by Gasteiger charge is 2.35. The highest BCUT2D eigenvalue weighted by Crippen LogP contribution is 2.26. The number of anilines is 1. The Morgan fingerprint density at radius 2 is 1.75 bits per heavy atom. The average Bonchev–Trinajstić information content (AvgIpc) is 3.44. The zero-order valence-electron chi connectivity index (χ0n) is 25.9. The molecule has 3 aliphatic rings. The fourth-order valence-corrected chi connectivity index (χ4v) is 6.92. The Bertz CT molecular complexity index is 1500. The molecule has 11 nitrogen and oxygen atoms in total. The van der Waals surface area contributed by atoms with Crippen molar-refractivity contribution in [1.82, 2.24) is 29.8 Å². The number of amides is 4. The first kappa shape index (κ1) is 29.9.